The fourth-order valence-electron chi connectivity index (χ4n) is 2.96. The summed E-state index contributed by atoms with van der Waals surface area (Å²) in [7, 11) is 0. The molecule has 0 saturated carbocycles. The number of aromatic nitrogens is 2. The lowest BCUT2D eigenvalue weighted by Gasteiger charge is -2.23. The zero-order chi connectivity index (χ0) is 17.1. The third-order valence-electron chi connectivity index (χ3n) is 4.29. The first-order valence-electron chi connectivity index (χ1n) is 8.03. The number of ether oxygens (including phenoxy) is 1. The largest absolute Gasteiger partial charge is 0.396 e. The lowest BCUT2D eigenvalue weighted by atomic mass is 10.1. The van der Waals surface area contributed by atoms with Crippen molar-refractivity contribution in [3.63, 3.8) is 0 Å². The summed E-state index contributed by atoms with van der Waals surface area (Å²) in [5, 5.41) is 15.0. The van der Waals surface area contributed by atoms with Gasteiger partial charge in [0.2, 0.25) is 5.91 Å². The molecule has 1 saturated heterocycles. The van der Waals surface area contributed by atoms with Crippen LogP contribution in [0.1, 0.15) is 5.69 Å². The zero-order valence-corrected chi connectivity index (χ0v) is 13.6. The second kappa shape index (κ2) is 7.11. The first-order chi connectivity index (χ1) is 11.6. The van der Waals surface area contributed by atoms with Crippen LogP contribution in [-0.4, -0.2) is 58.6 Å². The van der Waals surface area contributed by atoms with Gasteiger partial charge < -0.3 is 14.7 Å². The van der Waals surface area contributed by atoms with Crippen LogP contribution in [0.25, 0.3) is 10.8 Å². The van der Waals surface area contributed by atoms with Crippen molar-refractivity contribution in [1.82, 2.24) is 14.7 Å². The van der Waals surface area contributed by atoms with Crippen molar-refractivity contribution in [2.24, 2.45) is 5.92 Å². The second-order valence-corrected chi connectivity index (χ2v) is 6.06. The van der Waals surface area contributed by atoms with Crippen molar-refractivity contribution >= 4 is 16.7 Å². The van der Waals surface area contributed by atoms with Gasteiger partial charge >= 0.3 is 0 Å². The van der Waals surface area contributed by atoms with E-state index in [1.165, 1.54) is 4.68 Å². The molecule has 2 aromatic rings. The first-order valence-corrected chi connectivity index (χ1v) is 8.03. The molecule has 0 aliphatic carbocycles. The Labute approximate surface area is 139 Å². The van der Waals surface area contributed by atoms with Crippen molar-refractivity contribution in [2.75, 3.05) is 32.9 Å². The number of aliphatic hydroxyl groups excluding tert-OH is 1. The zero-order valence-electron chi connectivity index (χ0n) is 13.6. The van der Waals surface area contributed by atoms with E-state index in [0.717, 1.165) is 5.39 Å². The summed E-state index contributed by atoms with van der Waals surface area (Å²) in [5.74, 6) is -0.289. The Morgan fingerprint density at radius 1 is 1.38 bits per heavy atom. The van der Waals surface area contributed by atoms with Gasteiger partial charge in [-0.2, -0.15) is 5.10 Å². The molecule has 1 aliphatic heterocycles. The van der Waals surface area contributed by atoms with Crippen LogP contribution in [0.2, 0.25) is 0 Å². The summed E-state index contributed by atoms with van der Waals surface area (Å²) >= 11 is 0. The smallest absolute Gasteiger partial charge is 0.275 e. The van der Waals surface area contributed by atoms with Crippen molar-refractivity contribution in [2.45, 2.75) is 13.5 Å². The number of fused-ring (bicyclic) bond motifs is 1. The van der Waals surface area contributed by atoms with Gasteiger partial charge in [0.05, 0.1) is 24.3 Å². The van der Waals surface area contributed by atoms with E-state index in [9.17, 15) is 14.7 Å². The maximum absolute atomic E-state index is 12.6. The molecule has 0 unspecified atom stereocenters. The average Bonchev–Trinajstić information content (AvgIpc) is 2.85. The minimum atomic E-state index is -0.269. The molecule has 3 rings (SSSR count). The summed E-state index contributed by atoms with van der Waals surface area (Å²) in [6.07, 6.45) is 0. The van der Waals surface area contributed by atoms with Crippen molar-refractivity contribution in [3.8, 4) is 0 Å². The maximum Gasteiger partial charge on any atom is 0.275 e. The normalized spacial score (nSPS) is 18.6. The molecule has 1 aromatic heterocycles. The van der Waals surface area contributed by atoms with Gasteiger partial charge in [-0.05, 0) is 13.0 Å². The van der Waals surface area contributed by atoms with Crippen LogP contribution < -0.4 is 5.56 Å². The highest BCUT2D eigenvalue weighted by molar-refractivity contribution is 5.83. The van der Waals surface area contributed by atoms with Crippen LogP contribution in [0, 0.1) is 12.8 Å². The quantitative estimate of drug-likeness (QED) is 0.867. The summed E-state index contributed by atoms with van der Waals surface area (Å²) < 4.78 is 6.61. The van der Waals surface area contributed by atoms with Crippen LogP contribution in [0.3, 0.4) is 0 Å². The third-order valence-corrected chi connectivity index (χ3v) is 4.29. The van der Waals surface area contributed by atoms with Gasteiger partial charge in [-0.15, -0.1) is 0 Å². The SMILES string of the molecule is Cc1nn(CC(=O)N2CCOC[C@@H](CO)C2)c(=O)c2ccccc12. The molecule has 0 radical (unpaired) electrons. The van der Waals surface area contributed by atoms with Crippen molar-refractivity contribution in [3.05, 3.63) is 40.3 Å². The van der Waals surface area contributed by atoms with Gasteiger partial charge in [0.25, 0.3) is 5.56 Å². The molecule has 1 aliphatic rings. The minimum absolute atomic E-state index is 0.0307. The van der Waals surface area contributed by atoms with Gasteiger partial charge in [0.15, 0.2) is 0 Å². The Kier molecular flexibility index (Phi) is 4.92. The number of rotatable bonds is 3. The molecule has 0 bridgehead atoms. The number of aliphatic hydroxyl groups is 1. The molecule has 1 aromatic carbocycles. The van der Waals surface area contributed by atoms with Gasteiger partial charge in [0.1, 0.15) is 6.54 Å². The highest BCUT2D eigenvalue weighted by Gasteiger charge is 2.23. The molecular weight excluding hydrogens is 310 g/mol. The molecule has 2 heterocycles. The number of hydrogen-bond donors (Lipinski definition) is 1. The Hall–Kier alpha value is -2.25. The highest BCUT2D eigenvalue weighted by Crippen LogP contribution is 2.12. The van der Waals surface area contributed by atoms with Crippen LogP contribution in [0.4, 0.5) is 0 Å². The monoisotopic (exact) mass is 331 g/mol. The number of amides is 1. The molecular formula is C17H21N3O4. The van der Waals surface area contributed by atoms with Crippen molar-refractivity contribution < 1.29 is 14.6 Å². The molecule has 7 heteroatoms. The highest BCUT2D eigenvalue weighted by atomic mass is 16.5. The van der Waals surface area contributed by atoms with E-state index < -0.39 is 0 Å². The Bertz CT molecular complexity index is 802. The fourth-order valence-corrected chi connectivity index (χ4v) is 2.96. The minimum Gasteiger partial charge on any atom is -0.396 e. The van der Waals surface area contributed by atoms with E-state index >= 15 is 0 Å². The summed E-state index contributed by atoms with van der Waals surface area (Å²) in [4.78, 5) is 26.8. The molecule has 1 fully saturated rings. The van der Waals surface area contributed by atoms with E-state index in [4.69, 9.17) is 4.74 Å². The Morgan fingerprint density at radius 3 is 2.88 bits per heavy atom. The standard InChI is InChI=1S/C17H21N3O4/c1-12-14-4-2-3-5-15(14)17(23)20(18-12)9-16(22)19-6-7-24-11-13(8-19)10-21/h2-5,13,21H,6-11H2,1H3/t13-/m1/s1. The van der Waals surface area contributed by atoms with Gasteiger partial charge in [0, 0.05) is 31.0 Å². The average molecular weight is 331 g/mol. The molecule has 1 atom stereocenters. The number of carbonyl (C=O) groups is 1. The van der Waals surface area contributed by atoms with Gasteiger partial charge in [-0.1, -0.05) is 18.2 Å². The summed E-state index contributed by atoms with van der Waals surface area (Å²) in [6.45, 7) is 3.44. The van der Waals surface area contributed by atoms with E-state index in [2.05, 4.69) is 5.10 Å². The molecule has 128 valence electrons. The van der Waals surface area contributed by atoms with Crippen LogP contribution in [0.15, 0.2) is 29.1 Å². The topological polar surface area (TPSA) is 84.7 Å². The Balaban J connectivity index is 1.85. The first kappa shape index (κ1) is 16.6. The third kappa shape index (κ3) is 3.32. The number of aryl methyl sites for hydroxylation is 1. The van der Waals surface area contributed by atoms with E-state index in [-0.39, 0.29) is 30.5 Å². The summed E-state index contributed by atoms with van der Waals surface area (Å²) in [6, 6.07) is 7.25. The number of carbonyl (C=O) groups excluding carboxylic acids is 1. The van der Waals surface area contributed by atoms with E-state index in [0.29, 0.717) is 37.4 Å². The maximum atomic E-state index is 12.6. The second-order valence-electron chi connectivity index (χ2n) is 6.06. The molecule has 1 N–H and O–H groups in total. The number of nitrogens with zero attached hydrogens (tertiary/aromatic N) is 3. The van der Waals surface area contributed by atoms with Crippen molar-refractivity contribution in [1.29, 1.82) is 0 Å². The van der Waals surface area contributed by atoms with Crippen LogP contribution >= 0.6 is 0 Å². The molecule has 7 nitrogen and oxygen atoms in total. The fraction of sp³-hybridized carbons (Fsp3) is 0.471. The predicted molar refractivity (Wildman–Crippen MR) is 88.7 cm³/mol. The van der Waals surface area contributed by atoms with Crippen LogP contribution in [0.5, 0.6) is 0 Å². The van der Waals surface area contributed by atoms with E-state index in [1.54, 1.807) is 17.0 Å². The van der Waals surface area contributed by atoms with Gasteiger partial charge in [-0.25, -0.2) is 4.68 Å². The lowest BCUT2D eigenvalue weighted by Crippen LogP contribution is -2.41. The molecule has 0 spiro atoms. The number of hydrogen-bond acceptors (Lipinski definition) is 5. The molecule has 24 heavy (non-hydrogen) atoms. The summed E-state index contributed by atoms with van der Waals surface area (Å²) in [5.41, 5.74) is 0.444. The predicted octanol–water partition coefficient (Wildman–Crippen LogP) is 0.172. The Morgan fingerprint density at radius 2 is 2.12 bits per heavy atom. The van der Waals surface area contributed by atoms with Crippen LogP contribution in [-0.2, 0) is 16.1 Å². The lowest BCUT2D eigenvalue weighted by molar-refractivity contribution is -0.132. The number of benzene rings is 1. The van der Waals surface area contributed by atoms with Gasteiger partial charge in [-0.3, -0.25) is 9.59 Å². The van der Waals surface area contributed by atoms with E-state index in [1.807, 2.05) is 19.1 Å². The molecule has 1 amide bonds.